The van der Waals surface area contributed by atoms with E-state index in [1.807, 2.05) is 19.1 Å². The third kappa shape index (κ3) is 8.50. The highest BCUT2D eigenvalue weighted by Crippen LogP contribution is 2.26. The maximum atomic E-state index is 13.2. The summed E-state index contributed by atoms with van der Waals surface area (Å²) >= 11 is 0. The Hall–Kier alpha value is -1.82. The van der Waals surface area contributed by atoms with Crippen LogP contribution in [-0.2, 0) is 20.9 Å². The van der Waals surface area contributed by atoms with E-state index in [2.05, 4.69) is 27.7 Å². The van der Waals surface area contributed by atoms with Gasteiger partial charge >= 0.3 is 0 Å². The molecular formula is C24H40N2O4. The fourth-order valence-corrected chi connectivity index (χ4v) is 4.25. The molecule has 30 heavy (non-hydrogen) atoms. The van der Waals surface area contributed by atoms with Crippen molar-refractivity contribution in [2.45, 2.75) is 79.4 Å². The van der Waals surface area contributed by atoms with Crippen LogP contribution in [0.1, 0.15) is 72.5 Å². The molecule has 2 atom stereocenters. The van der Waals surface area contributed by atoms with Gasteiger partial charge in [-0.05, 0) is 49.1 Å². The van der Waals surface area contributed by atoms with Crippen LogP contribution in [-0.4, -0.2) is 54.0 Å². The van der Waals surface area contributed by atoms with Crippen LogP contribution >= 0.6 is 0 Å². The average molecular weight is 421 g/mol. The molecule has 0 saturated carbocycles. The lowest BCUT2D eigenvalue weighted by Crippen LogP contribution is -2.45. The number of carbonyl (C=O) groups excluding carboxylic acids is 2. The highest BCUT2D eigenvalue weighted by molar-refractivity contribution is 5.85. The van der Waals surface area contributed by atoms with Crippen molar-refractivity contribution in [3.8, 4) is 0 Å². The summed E-state index contributed by atoms with van der Waals surface area (Å²) in [5.74, 6) is 1.05. The number of furan rings is 1. The molecule has 2 amide bonds. The highest BCUT2D eigenvalue weighted by atomic mass is 16.5. The van der Waals surface area contributed by atoms with Crippen LogP contribution in [0.15, 0.2) is 22.8 Å². The van der Waals surface area contributed by atoms with Crippen LogP contribution in [0.4, 0.5) is 0 Å². The summed E-state index contributed by atoms with van der Waals surface area (Å²) in [5.41, 5.74) is 0.187. The van der Waals surface area contributed by atoms with Crippen LogP contribution in [0, 0.1) is 11.3 Å². The predicted octanol–water partition coefficient (Wildman–Crippen LogP) is 4.49. The van der Waals surface area contributed by atoms with Crippen molar-refractivity contribution in [2.24, 2.45) is 11.3 Å². The van der Waals surface area contributed by atoms with Gasteiger partial charge in [-0.15, -0.1) is 0 Å². The van der Waals surface area contributed by atoms with Crippen molar-refractivity contribution >= 4 is 11.8 Å². The van der Waals surface area contributed by atoms with Crippen LogP contribution in [0.3, 0.4) is 0 Å². The molecule has 6 heteroatoms. The number of carbonyl (C=O) groups is 2. The first-order valence-corrected chi connectivity index (χ1v) is 11.4. The number of hydrogen-bond donors (Lipinski definition) is 0. The highest BCUT2D eigenvalue weighted by Gasteiger charge is 2.27. The maximum Gasteiger partial charge on any atom is 0.242 e. The minimum atomic E-state index is -0.0489. The summed E-state index contributed by atoms with van der Waals surface area (Å²) < 4.78 is 11.2. The second kappa shape index (κ2) is 11.5. The Labute approximate surface area is 181 Å². The molecule has 1 aromatic heterocycles. The number of nitrogens with zero attached hydrogens (tertiary/aromatic N) is 2. The molecule has 1 aliphatic rings. The van der Waals surface area contributed by atoms with E-state index in [0.717, 1.165) is 38.1 Å². The SMILES string of the molecule is CCCN(CC(=O)N(Cc1ccco1)C[C@H]1CCCO1)C(=O)C[C@@H](C)CC(C)(C)C. The molecule has 0 bridgehead atoms. The molecule has 0 radical (unpaired) electrons. The van der Waals surface area contributed by atoms with E-state index in [4.69, 9.17) is 9.15 Å². The number of hydrogen-bond acceptors (Lipinski definition) is 4. The van der Waals surface area contributed by atoms with Crippen molar-refractivity contribution in [3.05, 3.63) is 24.2 Å². The molecule has 0 N–H and O–H groups in total. The molecule has 1 saturated heterocycles. The van der Waals surface area contributed by atoms with Gasteiger partial charge in [0.05, 0.1) is 25.5 Å². The third-order valence-electron chi connectivity index (χ3n) is 5.38. The molecule has 170 valence electrons. The van der Waals surface area contributed by atoms with E-state index in [9.17, 15) is 9.59 Å². The number of rotatable bonds is 11. The quantitative estimate of drug-likeness (QED) is 0.529. The normalized spacial score (nSPS) is 17.7. The monoisotopic (exact) mass is 420 g/mol. The van der Waals surface area contributed by atoms with Crippen molar-refractivity contribution in [3.63, 3.8) is 0 Å². The molecule has 1 aromatic rings. The molecule has 0 unspecified atom stereocenters. The smallest absolute Gasteiger partial charge is 0.242 e. The van der Waals surface area contributed by atoms with E-state index in [0.29, 0.717) is 26.1 Å². The van der Waals surface area contributed by atoms with Gasteiger partial charge in [-0.2, -0.15) is 0 Å². The zero-order valence-corrected chi connectivity index (χ0v) is 19.5. The minimum absolute atomic E-state index is 0.0489. The summed E-state index contributed by atoms with van der Waals surface area (Å²) in [5, 5.41) is 0. The Morgan fingerprint density at radius 2 is 2.00 bits per heavy atom. The Balaban J connectivity index is 2.01. The number of amides is 2. The lowest BCUT2D eigenvalue weighted by molar-refractivity contribution is -0.142. The van der Waals surface area contributed by atoms with Gasteiger partial charge in [-0.1, -0.05) is 34.6 Å². The molecule has 0 aliphatic carbocycles. The first kappa shape index (κ1) is 24.4. The van der Waals surface area contributed by atoms with Crippen molar-refractivity contribution in [1.82, 2.24) is 9.80 Å². The van der Waals surface area contributed by atoms with Crippen molar-refractivity contribution < 1.29 is 18.7 Å². The zero-order valence-electron chi connectivity index (χ0n) is 19.5. The molecule has 2 heterocycles. The van der Waals surface area contributed by atoms with Crippen LogP contribution in [0.25, 0.3) is 0 Å². The maximum absolute atomic E-state index is 13.2. The van der Waals surface area contributed by atoms with Gasteiger partial charge in [0.2, 0.25) is 11.8 Å². The Kier molecular flexibility index (Phi) is 9.40. The molecule has 6 nitrogen and oxygen atoms in total. The predicted molar refractivity (Wildman–Crippen MR) is 118 cm³/mol. The van der Waals surface area contributed by atoms with Crippen molar-refractivity contribution in [1.29, 1.82) is 0 Å². The second-order valence-electron chi connectivity index (χ2n) is 9.88. The summed E-state index contributed by atoms with van der Waals surface area (Å²) in [6.07, 6.45) is 5.96. The topological polar surface area (TPSA) is 63.0 Å². The van der Waals surface area contributed by atoms with Crippen LogP contribution in [0.2, 0.25) is 0 Å². The van der Waals surface area contributed by atoms with Crippen LogP contribution < -0.4 is 0 Å². The van der Waals surface area contributed by atoms with E-state index in [1.54, 1.807) is 16.1 Å². The van der Waals surface area contributed by atoms with Gasteiger partial charge in [-0.25, -0.2) is 0 Å². The fraction of sp³-hybridized carbons (Fsp3) is 0.750. The van der Waals surface area contributed by atoms with E-state index >= 15 is 0 Å². The summed E-state index contributed by atoms with van der Waals surface area (Å²) in [4.78, 5) is 29.7. The van der Waals surface area contributed by atoms with Gasteiger partial charge in [0.15, 0.2) is 0 Å². The van der Waals surface area contributed by atoms with E-state index in [-0.39, 0.29) is 35.8 Å². The number of ether oxygens (including phenoxy) is 1. The van der Waals surface area contributed by atoms with Crippen LogP contribution in [0.5, 0.6) is 0 Å². The minimum Gasteiger partial charge on any atom is -0.467 e. The van der Waals surface area contributed by atoms with E-state index in [1.165, 1.54) is 0 Å². The summed E-state index contributed by atoms with van der Waals surface area (Å²) in [7, 11) is 0. The van der Waals surface area contributed by atoms with E-state index < -0.39 is 0 Å². The average Bonchev–Trinajstić information content (AvgIpc) is 3.33. The summed E-state index contributed by atoms with van der Waals surface area (Å²) in [6, 6.07) is 3.70. The Bertz CT molecular complexity index is 645. The van der Waals surface area contributed by atoms with Gasteiger partial charge in [0, 0.05) is 26.1 Å². The molecule has 1 fully saturated rings. The molecule has 1 aliphatic heterocycles. The Morgan fingerprint density at radius 1 is 1.23 bits per heavy atom. The second-order valence-corrected chi connectivity index (χ2v) is 9.88. The lowest BCUT2D eigenvalue weighted by atomic mass is 9.84. The largest absolute Gasteiger partial charge is 0.467 e. The zero-order chi connectivity index (χ0) is 22.1. The standard InChI is InChI=1S/C24H40N2O4/c1-6-11-25(22(27)14-19(2)15-24(3,4)5)18-23(28)26(16-20-9-7-12-29-20)17-21-10-8-13-30-21/h7,9,12,19,21H,6,8,10-11,13-18H2,1-5H3/t19-,21-/m1/s1. The van der Waals surface area contributed by atoms with Gasteiger partial charge in [0.25, 0.3) is 0 Å². The fourth-order valence-electron chi connectivity index (χ4n) is 4.25. The third-order valence-corrected chi connectivity index (χ3v) is 5.38. The molecule has 0 aromatic carbocycles. The van der Waals surface area contributed by atoms with Gasteiger partial charge < -0.3 is 19.0 Å². The van der Waals surface area contributed by atoms with Gasteiger partial charge in [0.1, 0.15) is 5.76 Å². The summed E-state index contributed by atoms with van der Waals surface area (Å²) in [6.45, 7) is 13.1. The van der Waals surface area contributed by atoms with Crippen molar-refractivity contribution in [2.75, 3.05) is 26.2 Å². The Morgan fingerprint density at radius 3 is 2.57 bits per heavy atom. The van der Waals surface area contributed by atoms with Gasteiger partial charge in [-0.3, -0.25) is 9.59 Å². The first-order valence-electron chi connectivity index (χ1n) is 11.4. The lowest BCUT2D eigenvalue weighted by Gasteiger charge is -2.30. The molecule has 0 spiro atoms. The molecular weight excluding hydrogens is 380 g/mol. The first-order chi connectivity index (χ1) is 14.2. The molecule has 2 rings (SSSR count).